The number of rotatable bonds is 4. The standard InChI is InChI=1S/C11H15BrFN/c1-11(13,7-8-14-2)9-5-3-4-6-10(9)12/h3-6,14H,7-8H2,1-2H3. The molecular weight excluding hydrogens is 245 g/mol. The average Bonchev–Trinajstić information content (AvgIpc) is 2.15. The third-order valence-corrected chi connectivity index (χ3v) is 2.97. The Hall–Kier alpha value is -0.410. The smallest absolute Gasteiger partial charge is 0.135 e. The van der Waals surface area contributed by atoms with Crippen LogP contribution in [0.4, 0.5) is 4.39 Å². The molecule has 0 aromatic heterocycles. The van der Waals surface area contributed by atoms with E-state index in [4.69, 9.17) is 0 Å². The van der Waals surface area contributed by atoms with E-state index in [1.165, 1.54) is 0 Å². The molecule has 1 N–H and O–H groups in total. The Balaban J connectivity index is 2.86. The molecule has 0 spiro atoms. The van der Waals surface area contributed by atoms with E-state index in [9.17, 15) is 4.39 Å². The van der Waals surface area contributed by atoms with Gasteiger partial charge in [-0.05, 0) is 33.0 Å². The molecule has 0 heterocycles. The minimum Gasteiger partial charge on any atom is -0.320 e. The first-order valence-corrected chi connectivity index (χ1v) is 5.46. The molecule has 0 aliphatic carbocycles. The van der Waals surface area contributed by atoms with E-state index in [1.807, 2.05) is 31.3 Å². The highest BCUT2D eigenvalue weighted by molar-refractivity contribution is 9.10. The SMILES string of the molecule is CNCCC(C)(F)c1ccccc1Br. The van der Waals surface area contributed by atoms with Crippen molar-refractivity contribution >= 4 is 15.9 Å². The van der Waals surface area contributed by atoms with Crippen LogP contribution in [0.25, 0.3) is 0 Å². The number of hydrogen-bond acceptors (Lipinski definition) is 1. The lowest BCUT2D eigenvalue weighted by Crippen LogP contribution is -2.22. The van der Waals surface area contributed by atoms with Gasteiger partial charge in [0.25, 0.3) is 0 Å². The van der Waals surface area contributed by atoms with Gasteiger partial charge >= 0.3 is 0 Å². The zero-order valence-electron chi connectivity index (χ0n) is 8.48. The summed E-state index contributed by atoms with van der Waals surface area (Å²) in [6.45, 7) is 2.29. The fourth-order valence-corrected chi connectivity index (χ4v) is 2.08. The van der Waals surface area contributed by atoms with Gasteiger partial charge in [-0.1, -0.05) is 34.1 Å². The van der Waals surface area contributed by atoms with Gasteiger partial charge in [-0.3, -0.25) is 0 Å². The quantitative estimate of drug-likeness (QED) is 0.876. The second-order valence-electron chi connectivity index (χ2n) is 3.53. The van der Waals surface area contributed by atoms with Crippen LogP contribution in [0.1, 0.15) is 18.9 Å². The van der Waals surface area contributed by atoms with Crippen LogP contribution in [-0.2, 0) is 5.67 Å². The summed E-state index contributed by atoms with van der Waals surface area (Å²) in [5.41, 5.74) is -0.557. The zero-order chi connectivity index (χ0) is 10.6. The summed E-state index contributed by atoms with van der Waals surface area (Å²) >= 11 is 3.36. The maximum atomic E-state index is 14.2. The Labute approximate surface area is 92.8 Å². The second kappa shape index (κ2) is 4.89. The minimum atomic E-state index is -1.27. The van der Waals surface area contributed by atoms with Gasteiger partial charge in [0.1, 0.15) is 5.67 Å². The lowest BCUT2D eigenvalue weighted by atomic mass is 9.94. The molecule has 0 radical (unpaired) electrons. The number of nitrogens with one attached hydrogen (secondary N) is 1. The number of hydrogen-bond donors (Lipinski definition) is 1. The molecule has 1 nitrogen and oxygen atoms in total. The lowest BCUT2D eigenvalue weighted by Gasteiger charge is -2.21. The molecule has 0 saturated carbocycles. The molecule has 0 saturated heterocycles. The maximum absolute atomic E-state index is 14.2. The van der Waals surface area contributed by atoms with Crippen molar-refractivity contribution < 1.29 is 4.39 Å². The highest BCUT2D eigenvalue weighted by Gasteiger charge is 2.26. The molecule has 0 aliphatic heterocycles. The van der Waals surface area contributed by atoms with Crippen molar-refractivity contribution in [3.05, 3.63) is 34.3 Å². The zero-order valence-corrected chi connectivity index (χ0v) is 10.1. The van der Waals surface area contributed by atoms with E-state index >= 15 is 0 Å². The molecule has 0 amide bonds. The van der Waals surface area contributed by atoms with Crippen LogP contribution in [0.3, 0.4) is 0 Å². The third-order valence-electron chi connectivity index (χ3n) is 2.28. The van der Waals surface area contributed by atoms with E-state index in [1.54, 1.807) is 6.92 Å². The highest BCUT2D eigenvalue weighted by Crippen LogP contribution is 2.33. The van der Waals surface area contributed by atoms with Gasteiger partial charge in [0, 0.05) is 10.0 Å². The van der Waals surface area contributed by atoms with Crippen molar-refractivity contribution in [3.8, 4) is 0 Å². The predicted octanol–water partition coefficient (Wildman–Crippen LogP) is 3.24. The first-order chi connectivity index (χ1) is 6.58. The van der Waals surface area contributed by atoms with Crippen LogP contribution in [0.5, 0.6) is 0 Å². The van der Waals surface area contributed by atoms with E-state index in [0.29, 0.717) is 13.0 Å². The van der Waals surface area contributed by atoms with Crippen molar-refractivity contribution in [2.75, 3.05) is 13.6 Å². The van der Waals surface area contributed by atoms with E-state index < -0.39 is 5.67 Å². The second-order valence-corrected chi connectivity index (χ2v) is 4.39. The van der Waals surface area contributed by atoms with Crippen molar-refractivity contribution in [2.45, 2.75) is 19.0 Å². The Morgan fingerprint density at radius 2 is 2.07 bits per heavy atom. The molecule has 14 heavy (non-hydrogen) atoms. The molecule has 0 aliphatic rings. The normalized spacial score (nSPS) is 15.1. The fraction of sp³-hybridized carbons (Fsp3) is 0.455. The number of alkyl halides is 1. The van der Waals surface area contributed by atoms with Crippen LogP contribution in [0, 0.1) is 0 Å². The summed E-state index contributed by atoms with van der Waals surface area (Å²) in [5, 5.41) is 2.96. The third kappa shape index (κ3) is 2.79. The first-order valence-electron chi connectivity index (χ1n) is 4.66. The van der Waals surface area contributed by atoms with Crippen LogP contribution < -0.4 is 5.32 Å². The largest absolute Gasteiger partial charge is 0.320 e. The van der Waals surface area contributed by atoms with Crippen molar-refractivity contribution in [2.24, 2.45) is 0 Å². The molecule has 1 unspecified atom stereocenters. The molecule has 0 fully saturated rings. The van der Waals surface area contributed by atoms with Crippen molar-refractivity contribution in [3.63, 3.8) is 0 Å². The Bertz CT molecular complexity index is 299. The fourth-order valence-electron chi connectivity index (χ4n) is 1.38. The Kier molecular flexibility index (Phi) is 4.08. The summed E-state index contributed by atoms with van der Waals surface area (Å²) in [7, 11) is 1.83. The van der Waals surface area contributed by atoms with Gasteiger partial charge in [0.15, 0.2) is 0 Å². The molecule has 0 bridgehead atoms. The predicted molar refractivity (Wildman–Crippen MR) is 61.1 cm³/mol. The maximum Gasteiger partial charge on any atom is 0.135 e. The Morgan fingerprint density at radius 3 is 2.64 bits per heavy atom. The molecule has 1 aromatic carbocycles. The summed E-state index contributed by atoms with van der Waals surface area (Å²) in [5.74, 6) is 0. The van der Waals surface area contributed by atoms with Crippen LogP contribution in [0.2, 0.25) is 0 Å². The molecule has 78 valence electrons. The van der Waals surface area contributed by atoms with Crippen LogP contribution in [0.15, 0.2) is 28.7 Å². The van der Waals surface area contributed by atoms with Crippen LogP contribution >= 0.6 is 15.9 Å². The van der Waals surface area contributed by atoms with Gasteiger partial charge < -0.3 is 5.32 Å². The topological polar surface area (TPSA) is 12.0 Å². The molecule has 3 heteroatoms. The lowest BCUT2D eigenvalue weighted by molar-refractivity contribution is 0.176. The molecule has 1 atom stereocenters. The van der Waals surface area contributed by atoms with Gasteiger partial charge in [-0.25, -0.2) is 4.39 Å². The van der Waals surface area contributed by atoms with Gasteiger partial charge in [0.2, 0.25) is 0 Å². The number of benzene rings is 1. The molecule has 1 aromatic rings. The highest BCUT2D eigenvalue weighted by atomic mass is 79.9. The van der Waals surface area contributed by atoms with E-state index in [-0.39, 0.29) is 0 Å². The molecule has 1 rings (SSSR count). The average molecular weight is 260 g/mol. The van der Waals surface area contributed by atoms with E-state index in [2.05, 4.69) is 21.2 Å². The monoisotopic (exact) mass is 259 g/mol. The van der Waals surface area contributed by atoms with E-state index in [0.717, 1.165) is 10.0 Å². The van der Waals surface area contributed by atoms with Crippen molar-refractivity contribution in [1.82, 2.24) is 5.32 Å². The Morgan fingerprint density at radius 1 is 1.43 bits per heavy atom. The van der Waals surface area contributed by atoms with Crippen LogP contribution in [-0.4, -0.2) is 13.6 Å². The number of halogens is 2. The summed E-state index contributed by atoms with van der Waals surface area (Å²) in [4.78, 5) is 0. The summed E-state index contributed by atoms with van der Waals surface area (Å²) < 4.78 is 15.0. The van der Waals surface area contributed by atoms with Gasteiger partial charge in [0.05, 0.1) is 0 Å². The summed E-state index contributed by atoms with van der Waals surface area (Å²) in [6.07, 6.45) is 0.478. The van der Waals surface area contributed by atoms with Gasteiger partial charge in [-0.15, -0.1) is 0 Å². The minimum absolute atomic E-state index is 0.478. The van der Waals surface area contributed by atoms with Crippen molar-refractivity contribution in [1.29, 1.82) is 0 Å². The van der Waals surface area contributed by atoms with Gasteiger partial charge in [-0.2, -0.15) is 0 Å². The summed E-state index contributed by atoms with van der Waals surface area (Å²) in [6, 6.07) is 7.44. The first kappa shape index (κ1) is 11.7. The molecular formula is C11H15BrFN.